The van der Waals surface area contributed by atoms with Gasteiger partial charge >= 0.3 is 0 Å². The molecule has 33 heavy (non-hydrogen) atoms. The Balaban J connectivity index is 0.00000306. The molecule has 3 aromatic carbocycles. The number of sulfonamides is 1. The fourth-order valence-electron chi connectivity index (χ4n) is 3.64. The van der Waals surface area contributed by atoms with E-state index >= 15 is 0 Å². The number of fused-ring (bicyclic) bond motifs is 1. The average Bonchev–Trinajstić information content (AvgIpc) is 2.79. The number of carbonyl (C=O) groups excluding carboxylic acids is 1. The van der Waals surface area contributed by atoms with Gasteiger partial charge in [0.1, 0.15) is 5.84 Å². The molecule has 3 aromatic rings. The second-order valence-corrected chi connectivity index (χ2v) is 9.89. The molecule has 1 amide bonds. The first kappa shape index (κ1) is 24.8. The van der Waals surface area contributed by atoms with E-state index in [0.29, 0.717) is 23.7 Å². The molecule has 0 aromatic heterocycles. The number of hydrogen-bond acceptors (Lipinski definition) is 5. The third-order valence-electron chi connectivity index (χ3n) is 5.46. The van der Waals surface area contributed by atoms with Crippen LogP contribution < -0.4 is 11.6 Å². The molecule has 1 saturated heterocycles. The Labute approximate surface area is 203 Å². The molecule has 11 heteroatoms. The second-order valence-electron chi connectivity index (χ2n) is 7.52. The zero-order valence-electron chi connectivity index (χ0n) is 17.5. The largest absolute Gasteiger partial charge is 0.382 e. The van der Waals surface area contributed by atoms with Crippen LogP contribution in [0.5, 0.6) is 0 Å². The van der Waals surface area contributed by atoms with E-state index in [9.17, 15) is 13.2 Å². The predicted molar refractivity (Wildman–Crippen MR) is 132 cm³/mol. The topological polar surface area (TPSA) is 122 Å². The molecule has 0 bridgehead atoms. The van der Waals surface area contributed by atoms with Gasteiger partial charge < -0.3 is 16.5 Å². The van der Waals surface area contributed by atoms with Crippen molar-refractivity contribution >= 4 is 56.5 Å². The highest BCUT2D eigenvalue weighted by atomic mass is 35.5. The number of nitrogens with two attached hydrogens (primary N) is 2. The summed E-state index contributed by atoms with van der Waals surface area (Å²) in [6.07, 6.45) is 0. The molecule has 1 fully saturated rings. The smallest absolute Gasteiger partial charge is 0.243 e. The van der Waals surface area contributed by atoms with Crippen LogP contribution in [0.1, 0.15) is 11.1 Å². The maximum Gasteiger partial charge on any atom is 0.243 e. The van der Waals surface area contributed by atoms with Gasteiger partial charge in [-0.05, 0) is 40.6 Å². The number of hydrazone groups is 1. The van der Waals surface area contributed by atoms with E-state index in [4.69, 9.17) is 23.2 Å². The lowest BCUT2D eigenvalue weighted by atomic mass is 10.1. The number of carbonyl (C=O) groups is 1. The molecule has 1 aliphatic rings. The Kier molecular flexibility index (Phi) is 7.48. The monoisotopic (exact) mass is 507 g/mol. The maximum absolute atomic E-state index is 13.1. The molecule has 1 aliphatic heterocycles. The fourth-order valence-corrected chi connectivity index (χ4v) is 5.24. The van der Waals surface area contributed by atoms with Crippen LogP contribution in [0, 0.1) is 0 Å². The van der Waals surface area contributed by atoms with Crippen molar-refractivity contribution in [2.45, 2.75) is 11.4 Å². The summed E-state index contributed by atoms with van der Waals surface area (Å²) in [7, 11) is -3.80. The van der Waals surface area contributed by atoms with Gasteiger partial charge in [-0.3, -0.25) is 4.79 Å². The van der Waals surface area contributed by atoms with Gasteiger partial charge in [0.2, 0.25) is 15.9 Å². The fraction of sp³-hybridized carbons (Fsp3) is 0.182. The molecule has 0 saturated carbocycles. The molecular weight excluding hydrogens is 485 g/mol. The minimum Gasteiger partial charge on any atom is -0.382 e. The van der Waals surface area contributed by atoms with Gasteiger partial charge in [0.25, 0.3) is 0 Å². The van der Waals surface area contributed by atoms with Gasteiger partial charge in [-0.2, -0.15) is 9.41 Å². The van der Waals surface area contributed by atoms with E-state index in [1.165, 1.54) is 4.31 Å². The number of halogens is 2. The van der Waals surface area contributed by atoms with Crippen LogP contribution >= 0.6 is 24.0 Å². The lowest BCUT2D eigenvalue weighted by Crippen LogP contribution is -2.51. The SMILES string of the molecule is Cl.NN=C(N)c1ccc(CN2CCN(S(=O)(=O)c3ccc4cc(Cl)ccc4c3)CC2=O)cc1. The van der Waals surface area contributed by atoms with Gasteiger partial charge in [0, 0.05) is 30.2 Å². The van der Waals surface area contributed by atoms with Gasteiger partial charge in [0.05, 0.1) is 11.4 Å². The Morgan fingerprint density at radius 1 is 1.00 bits per heavy atom. The average molecular weight is 508 g/mol. The minimum absolute atomic E-state index is 0. The third-order valence-corrected chi connectivity index (χ3v) is 7.53. The van der Waals surface area contributed by atoms with Crippen molar-refractivity contribution in [3.8, 4) is 0 Å². The summed E-state index contributed by atoms with van der Waals surface area (Å²) < 4.78 is 27.5. The zero-order valence-corrected chi connectivity index (χ0v) is 19.9. The number of hydrogen-bond donors (Lipinski definition) is 2. The van der Waals surface area contributed by atoms with Crippen molar-refractivity contribution in [1.82, 2.24) is 9.21 Å². The Morgan fingerprint density at radius 2 is 1.67 bits per heavy atom. The number of rotatable bonds is 5. The Hall–Kier alpha value is -2.85. The minimum atomic E-state index is -3.80. The number of benzene rings is 3. The van der Waals surface area contributed by atoms with Gasteiger partial charge in [-0.15, -0.1) is 12.4 Å². The summed E-state index contributed by atoms with van der Waals surface area (Å²) in [4.78, 5) is 14.5. The van der Waals surface area contributed by atoms with Crippen molar-refractivity contribution in [3.05, 3.63) is 76.8 Å². The van der Waals surface area contributed by atoms with Crippen molar-refractivity contribution in [2.24, 2.45) is 16.7 Å². The number of piperazine rings is 1. The summed E-state index contributed by atoms with van der Waals surface area (Å²) in [6.45, 7) is 0.697. The summed E-state index contributed by atoms with van der Waals surface area (Å²) in [6, 6.07) is 17.4. The van der Waals surface area contributed by atoms with Gasteiger partial charge in [-0.1, -0.05) is 48.0 Å². The molecule has 0 aliphatic carbocycles. The van der Waals surface area contributed by atoms with E-state index in [1.54, 1.807) is 53.4 Å². The van der Waals surface area contributed by atoms with E-state index in [-0.39, 0.29) is 42.1 Å². The molecule has 4 N–H and O–H groups in total. The lowest BCUT2D eigenvalue weighted by molar-refractivity contribution is -0.134. The summed E-state index contributed by atoms with van der Waals surface area (Å²) in [5.74, 6) is 5.16. The number of nitrogens with zero attached hydrogens (tertiary/aromatic N) is 3. The number of amides is 1. The van der Waals surface area contributed by atoms with Crippen LogP contribution in [0.4, 0.5) is 0 Å². The van der Waals surface area contributed by atoms with E-state index in [0.717, 1.165) is 16.3 Å². The van der Waals surface area contributed by atoms with E-state index in [1.807, 2.05) is 12.1 Å². The van der Waals surface area contributed by atoms with Crippen LogP contribution in [-0.2, 0) is 21.4 Å². The molecular formula is C22H23Cl2N5O3S. The zero-order chi connectivity index (χ0) is 22.9. The first-order chi connectivity index (χ1) is 15.3. The van der Waals surface area contributed by atoms with E-state index < -0.39 is 10.0 Å². The van der Waals surface area contributed by atoms with Gasteiger partial charge in [0.15, 0.2) is 0 Å². The van der Waals surface area contributed by atoms with E-state index in [2.05, 4.69) is 5.10 Å². The first-order valence-electron chi connectivity index (χ1n) is 9.88. The molecule has 0 radical (unpaired) electrons. The van der Waals surface area contributed by atoms with Gasteiger partial charge in [-0.25, -0.2) is 8.42 Å². The quantitative estimate of drug-likeness (QED) is 0.237. The number of amidine groups is 1. The van der Waals surface area contributed by atoms with Crippen molar-refractivity contribution < 1.29 is 13.2 Å². The third kappa shape index (κ3) is 5.22. The van der Waals surface area contributed by atoms with Crippen LogP contribution in [-0.4, -0.2) is 49.0 Å². The Morgan fingerprint density at radius 3 is 2.33 bits per heavy atom. The van der Waals surface area contributed by atoms with Crippen molar-refractivity contribution in [2.75, 3.05) is 19.6 Å². The molecule has 8 nitrogen and oxygen atoms in total. The predicted octanol–water partition coefficient (Wildman–Crippen LogP) is 2.53. The molecule has 0 spiro atoms. The van der Waals surface area contributed by atoms with Crippen LogP contribution in [0.15, 0.2) is 70.7 Å². The highest BCUT2D eigenvalue weighted by Gasteiger charge is 2.32. The summed E-state index contributed by atoms with van der Waals surface area (Å²) in [5.41, 5.74) is 7.27. The summed E-state index contributed by atoms with van der Waals surface area (Å²) >= 11 is 6.00. The first-order valence-corrected chi connectivity index (χ1v) is 11.7. The lowest BCUT2D eigenvalue weighted by Gasteiger charge is -2.33. The molecule has 174 valence electrons. The molecule has 0 unspecified atom stereocenters. The highest BCUT2D eigenvalue weighted by molar-refractivity contribution is 7.89. The highest BCUT2D eigenvalue weighted by Crippen LogP contribution is 2.25. The molecule has 0 atom stereocenters. The van der Waals surface area contributed by atoms with Crippen LogP contribution in [0.25, 0.3) is 10.8 Å². The van der Waals surface area contributed by atoms with Crippen LogP contribution in [0.3, 0.4) is 0 Å². The standard InChI is InChI=1S/C22H22ClN5O3S.ClH/c23-19-7-5-18-12-20(8-6-17(18)11-19)32(30,31)28-10-9-27(21(29)14-28)13-15-1-3-16(4-2-15)22(24)26-25;/h1-8,11-12H,9-10,13-14,25H2,(H2,24,26);1H. The second kappa shape index (κ2) is 9.96. The van der Waals surface area contributed by atoms with Crippen molar-refractivity contribution in [3.63, 3.8) is 0 Å². The Bertz CT molecular complexity index is 1310. The normalized spacial score (nSPS) is 15.5. The molecule has 1 heterocycles. The molecule has 4 rings (SSSR count). The van der Waals surface area contributed by atoms with Crippen molar-refractivity contribution in [1.29, 1.82) is 0 Å². The van der Waals surface area contributed by atoms with Crippen LogP contribution in [0.2, 0.25) is 5.02 Å². The maximum atomic E-state index is 13.1. The summed E-state index contributed by atoms with van der Waals surface area (Å²) in [5, 5.41) is 5.66.